The van der Waals surface area contributed by atoms with Gasteiger partial charge in [0.1, 0.15) is 0 Å². The van der Waals surface area contributed by atoms with Crippen LogP contribution in [0.15, 0.2) is 42.5 Å². The molecule has 5 rings (SSSR count). The normalized spacial score (nSPS) is 12.1. The van der Waals surface area contributed by atoms with Crippen LogP contribution in [0.5, 0.6) is 40.2 Å². The highest BCUT2D eigenvalue weighted by Crippen LogP contribution is 2.49. The van der Waals surface area contributed by atoms with Gasteiger partial charge in [-0.25, -0.2) is 0 Å². The van der Waals surface area contributed by atoms with Gasteiger partial charge in [-0.1, -0.05) is 6.07 Å². The van der Waals surface area contributed by atoms with Crippen LogP contribution in [0.1, 0.15) is 27.2 Å². The Morgan fingerprint density at radius 1 is 0.711 bits per heavy atom. The van der Waals surface area contributed by atoms with Crippen LogP contribution in [0.25, 0.3) is 22.4 Å². The molecule has 0 saturated carbocycles. The Hall–Kier alpha value is -4.84. The minimum Gasteiger partial charge on any atom is -0.493 e. The Bertz CT molecular complexity index is 1880. The van der Waals surface area contributed by atoms with Crippen molar-refractivity contribution >= 4 is 16.4 Å². The minimum atomic E-state index is -3.98. The van der Waals surface area contributed by atoms with Gasteiger partial charge >= 0.3 is 10.1 Å². The highest BCUT2D eigenvalue weighted by molar-refractivity contribution is 7.86. The summed E-state index contributed by atoms with van der Waals surface area (Å²) in [6.45, 7) is 0.486. The summed E-state index contributed by atoms with van der Waals surface area (Å²) < 4.78 is 65.7. The summed E-state index contributed by atoms with van der Waals surface area (Å²) in [6, 6.07) is 12.5. The predicted molar refractivity (Wildman–Crippen MR) is 168 cm³/mol. The summed E-state index contributed by atoms with van der Waals surface area (Å²) in [6.07, 6.45) is 2.69. The SMILES string of the molecule is COc1ccc(Cc2c(-c3cc(OC)c(OC)cc3OS(C)(=O)=O)c(C=O)n3c2-c2cc(OC)c(OC)cc2CC3)cc1OC. The molecule has 1 aliphatic heterocycles. The fraction of sp³-hybridized carbons (Fsp3) is 0.303. The van der Waals surface area contributed by atoms with E-state index >= 15 is 0 Å². The van der Waals surface area contributed by atoms with Crippen molar-refractivity contribution < 1.29 is 45.8 Å². The van der Waals surface area contributed by atoms with E-state index in [-0.39, 0.29) is 11.5 Å². The van der Waals surface area contributed by atoms with Gasteiger partial charge in [0, 0.05) is 35.7 Å². The van der Waals surface area contributed by atoms with E-state index in [0.717, 1.165) is 40.5 Å². The minimum absolute atomic E-state index is 0.0118. The molecule has 0 bridgehead atoms. The Balaban J connectivity index is 1.89. The number of nitrogens with zero attached hydrogens (tertiary/aromatic N) is 1. The second-order valence-corrected chi connectivity index (χ2v) is 11.9. The number of fused-ring (bicyclic) bond motifs is 3. The third-order valence-corrected chi connectivity index (χ3v) is 8.29. The summed E-state index contributed by atoms with van der Waals surface area (Å²) in [5.41, 5.74) is 5.46. The number of methoxy groups -OCH3 is 6. The lowest BCUT2D eigenvalue weighted by molar-refractivity contribution is 0.111. The summed E-state index contributed by atoms with van der Waals surface area (Å²) >= 11 is 0. The quantitative estimate of drug-likeness (QED) is 0.152. The highest BCUT2D eigenvalue weighted by atomic mass is 32.2. The Kier molecular flexibility index (Phi) is 8.87. The topological polar surface area (TPSA) is 121 Å². The van der Waals surface area contributed by atoms with Gasteiger partial charge in [0.25, 0.3) is 0 Å². The molecule has 0 atom stereocenters. The van der Waals surface area contributed by atoms with E-state index in [4.69, 9.17) is 32.6 Å². The zero-order valence-corrected chi connectivity index (χ0v) is 27.0. The van der Waals surface area contributed by atoms with Crippen molar-refractivity contribution in [1.29, 1.82) is 0 Å². The second-order valence-electron chi connectivity index (χ2n) is 10.3. The molecule has 1 aromatic heterocycles. The number of aryl methyl sites for hydroxylation is 1. The van der Waals surface area contributed by atoms with E-state index < -0.39 is 10.1 Å². The Morgan fingerprint density at radius 2 is 1.27 bits per heavy atom. The smallest absolute Gasteiger partial charge is 0.306 e. The van der Waals surface area contributed by atoms with Crippen LogP contribution in [-0.2, 0) is 29.5 Å². The first-order valence-corrected chi connectivity index (χ1v) is 15.7. The maximum Gasteiger partial charge on any atom is 0.306 e. The molecule has 238 valence electrons. The molecule has 12 heteroatoms. The van der Waals surface area contributed by atoms with Gasteiger partial charge in [-0.3, -0.25) is 4.79 Å². The Morgan fingerprint density at radius 3 is 1.84 bits per heavy atom. The fourth-order valence-electron chi connectivity index (χ4n) is 5.89. The van der Waals surface area contributed by atoms with Crippen molar-refractivity contribution in [2.45, 2.75) is 19.4 Å². The molecule has 1 aliphatic rings. The Labute approximate surface area is 262 Å². The number of rotatable bonds is 12. The van der Waals surface area contributed by atoms with Gasteiger partial charge in [-0.2, -0.15) is 8.42 Å². The number of benzene rings is 3. The number of ether oxygens (including phenoxy) is 6. The number of hydrogen-bond donors (Lipinski definition) is 0. The first kappa shape index (κ1) is 31.6. The first-order chi connectivity index (χ1) is 21.6. The highest BCUT2D eigenvalue weighted by Gasteiger charge is 2.32. The van der Waals surface area contributed by atoms with Gasteiger partial charge in [-0.15, -0.1) is 0 Å². The monoisotopic (exact) mass is 637 g/mol. The number of carbonyl (C=O) groups excluding carboxylic acids is 1. The molecular formula is C33H35NO10S. The molecule has 45 heavy (non-hydrogen) atoms. The summed E-state index contributed by atoms with van der Waals surface area (Å²) in [7, 11) is 5.22. The zero-order valence-electron chi connectivity index (χ0n) is 26.2. The maximum atomic E-state index is 13.0. The number of aromatic nitrogens is 1. The maximum absolute atomic E-state index is 13.0. The molecular weight excluding hydrogens is 602 g/mol. The molecule has 0 saturated heterocycles. The van der Waals surface area contributed by atoms with Gasteiger partial charge < -0.3 is 37.2 Å². The number of aldehydes is 1. The third kappa shape index (κ3) is 5.85. The van der Waals surface area contributed by atoms with Crippen LogP contribution in [-0.4, -0.2) is 68.2 Å². The molecule has 0 amide bonds. The molecule has 3 aromatic carbocycles. The van der Waals surface area contributed by atoms with Crippen molar-refractivity contribution in [3.05, 3.63) is 64.8 Å². The lowest BCUT2D eigenvalue weighted by Crippen LogP contribution is -2.14. The van der Waals surface area contributed by atoms with E-state index in [0.29, 0.717) is 65.0 Å². The molecule has 0 fully saturated rings. The average molecular weight is 638 g/mol. The predicted octanol–water partition coefficient (Wildman–Crippen LogP) is 5.17. The number of hydrogen-bond acceptors (Lipinski definition) is 10. The van der Waals surface area contributed by atoms with Gasteiger partial charge in [0.2, 0.25) is 0 Å². The third-order valence-electron chi connectivity index (χ3n) is 7.81. The van der Waals surface area contributed by atoms with Gasteiger partial charge in [0.15, 0.2) is 46.5 Å². The molecule has 4 aromatic rings. The van der Waals surface area contributed by atoms with Crippen LogP contribution in [0, 0.1) is 0 Å². The van der Waals surface area contributed by atoms with Crippen molar-refractivity contribution in [2.75, 3.05) is 48.9 Å². The zero-order chi connectivity index (χ0) is 32.5. The van der Waals surface area contributed by atoms with Crippen molar-refractivity contribution in [1.82, 2.24) is 4.57 Å². The van der Waals surface area contributed by atoms with Crippen molar-refractivity contribution in [2.24, 2.45) is 0 Å². The fourth-order valence-corrected chi connectivity index (χ4v) is 6.35. The van der Waals surface area contributed by atoms with E-state index in [1.807, 2.05) is 34.9 Å². The summed E-state index contributed by atoms with van der Waals surface area (Å²) in [4.78, 5) is 13.0. The molecule has 11 nitrogen and oxygen atoms in total. The summed E-state index contributed by atoms with van der Waals surface area (Å²) in [5, 5.41) is 0. The molecule has 0 spiro atoms. The van der Waals surface area contributed by atoms with Gasteiger partial charge in [-0.05, 0) is 53.4 Å². The van der Waals surface area contributed by atoms with E-state index in [9.17, 15) is 13.2 Å². The van der Waals surface area contributed by atoms with Crippen LogP contribution in [0.3, 0.4) is 0 Å². The van der Waals surface area contributed by atoms with Crippen LogP contribution < -0.4 is 32.6 Å². The second kappa shape index (κ2) is 12.6. The van der Waals surface area contributed by atoms with Crippen LogP contribution >= 0.6 is 0 Å². The lowest BCUT2D eigenvalue weighted by Gasteiger charge is -2.23. The number of carbonyl (C=O) groups is 1. The average Bonchev–Trinajstić information content (AvgIpc) is 3.35. The molecule has 0 radical (unpaired) electrons. The van der Waals surface area contributed by atoms with Crippen molar-refractivity contribution in [3.63, 3.8) is 0 Å². The van der Waals surface area contributed by atoms with E-state index in [1.165, 1.54) is 20.3 Å². The molecule has 0 unspecified atom stereocenters. The molecule has 2 heterocycles. The van der Waals surface area contributed by atoms with Crippen molar-refractivity contribution in [3.8, 4) is 62.6 Å². The molecule has 0 N–H and O–H groups in total. The first-order valence-electron chi connectivity index (χ1n) is 13.9. The van der Waals surface area contributed by atoms with Gasteiger partial charge in [0.05, 0.1) is 60.3 Å². The standard InChI is InChI=1S/C33H35NO10S/c1-38-25-9-8-19(13-27(25)39-2)12-23-32(22-16-30(42-5)31(43-6)17-26(22)44-45(7,36)37)24(18-35)34-11-10-20-14-28(40-3)29(41-4)15-21(20)33(23)34/h8-9,13-18H,10-12H2,1-7H3. The van der Waals surface area contributed by atoms with E-state index in [1.54, 1.807) is 34.5 Å². The molecule has 0 aliphatic carbocycles. The van der Waals surface area contributed by atoms with Crippen LogP contribution in [0.2, 0.25) is 0 Å². The van der Waals surface area contributed by atoms with Crippen LogP contribution in [0.4, 0.5) is 0 Å². The summed E-state index contributed by atoms with van der Waals surface area (Å²) in [5.74, 6) is 2.82. The van der Waals surface area contributed by atoms with E-state index in [2.05, 4.69) is 0 Å². The largest absolute Gasteiger partial charge is 0.493 e. The lowest BCUT2D eigenvalue weighted by atomic mass is 9.90.